The molecule has 2 N–H and O–H groups in total. The lowest BCUT2D eigenvalue weighted by molar-refractivity contribution is 1.63. The van der Waals surface area contributed by atoms with Crippen LogP contribution < -0.4 is 5.73 Å². The molecule has 2 heteroatoms. The van der Waals surface area contributed by atoms with Gasteiger partial charge in [0.05, 0.1) is 0 Å². The Labute approximate surface area is 30.1 Å². The van der Waals surface area contributed by atoms with Crippen molar-refractivity contribution in [2.75, 3.05) is 0 Å². The monoisotopic (exact) mass is 77.0 g/mol. The average molecular weight is 77.5 g/mol. The molecule has 0 aromatic rings. The van der Waals surface area contributed by atoms with Crippen LogP contribution in [0.1, 0.15) is 0 Å². The Morgan fingerprint density at radius 2 is 2.00 bits per heavy atom. The quantitative estimate of drug-likeness (QED) is 0.452. The first-order chi connectivity index (χ1) is 1.91. The van der Waals surface area contributed by atoms with Crippen LogP contribution in [-0.4, -0.2) is 0 Å². The van der Waals surface area contributed by atoms with E-state index >= 15 is 0 Å². The van der Waals surface area contributed by atoms with Gasteiger partial charge >= 0.3 is 0 Å². The predicted molar refractivity (Wildman–Crippen MR) is 19.2 cm³/mol. The van der Waals surface area contributed by atoms with Gasteiger partial charge in [-0.05, 0) is 0 Å². The van der Waals surface area contributed by atoms with Crippen LogP contribution in [0.15, 0.2) is 11.7 Å². The number of hydrogen-bond acceptors (Lipinski definition) is 1. The summed E-state index contributed by atoms with van der Waals surface area (Å²) in [4.78, 5) is 0. The van der Waals surface area contributed by atoms with Crippen molar-refractivity contribution in [2.45, 2.75) is 0 Å². The highest BCUT2D eigenvalue weighted by Gasteiger charge is 1.35. The van der Waals surface area contributed by atoms with Gasteiger partial charge < -0.3 is 5.73 Å². The normalized spacial score (nSPS) is 9.25. The molecule has 0 fully saturated rings. The molecule has 0 radical (unpaired) electrons. The molecule has 0 saturated carbocycles. The molecule has 4 heavy (non-hydrogen) atoms. The fourth-order valence-corrected chi connectivity index (χ4v) is 0. The van der Waals surface area contributed by atoms with Crippen LogP contribution in [0.3, 0.4) is 0 Å². The lowest BCUT2D eigenvalue weighted by atomic mass is 11.1. The minimum absolute atomic E-state index is 1.25. The second kappa shape index (κ2) is 2.83. The highest BCUT2D eigenvalue weighted by molar-refractivity contribution is 6.25. The van der Waals surface area contributed by atoms with Crippen LogP contribution in [0.5, 0.6) is 0 Å². The van der Waals surface area contributed by atoms with Crippen LogP contribution in [0.4, 0.5) is 0 Å². The van der Waals surface area contributed by atoms with E-state index in [-0.39, 0.29) is 0 Å². The number of hydrogen-bond donors (Lipinski definition) is 1. The van der Waals surface area contributed by atoms with Crippen molar-refractivity contribution in [1.29, 1.82) is 0 Å². The molecule has 0 spiro atoms. The van der Waals surface area contributed by atoms with E-state index in [2.05, 4.69) is 0 Å². The van der Waals surface area contributed by atoms with Crippen molar-refractivity contribution in [2.24, 2.45) is 5.73 Å². The summed E-state index contributed by atoms with van der Waals surface area (Å²) in [5.74, 6) is 0. The predicted octanol–water partition coefficient (Wildman–Crippen LogP) is 0.655. The molecular formula is C2H4ClN. The second-order valence-electron chi connectivity index (χ2n) is 0.318. The Morgan fingerprint density at radius 1 is 1.75 bits per heavy atom. The molecule has 0 heterocycles. The van der Waals surface area contributed by atoms with E-state index in [0.717, 1.165) is 0 Å². The Bertz CT molecular complexity index is 21.2. The minimum atomic E-state index is 1.25. The molecule has 0 amide bonds. The van der Waals surface area contributed by atoms with Crippen molar-refractivity contribution in [1.82, 2.24) is 0 Å². The Morgan fingerprint density at radius 3 is 2.00 bits per heavy atom. The van der Waals surface area contributed by atoms with Gasteiger partial charge in [-0.1, -0.05) is 11.6 Å². The first kappa shape index (κ1) is 3.83. The summed E-state index contributed by atoms with van der Waals surface area (Å²) in [6, 6.07) is 0. The summed E-state index contributed by atoms with van der Waals surface area (Å²) in [6.45, 7) is 0. The fourth-order valence-electron chi connectivity index (χ4n) is 0. The van der Waals surface area contributed by atoms with Gasteiger partial charge in [0.1, 0.15) is 0 Å². The molecule has 0 aromatic carbocycles. The molecule has 0 bridgehead atoms. The molecule has 0 atom stereocenters. The maximum Gasteiger partial charge on any atom is 0.0197 e. The molecule has 24 valence electrons. The number of rotatable bonds is 0. The molecule has 0 aliphatic heterocycles. The van der Waals surface area contributed by atoms with Crippen molar-refractivity contribution >= 4 is 11.6 Å². The van der Waals surface area contributed by atoms with Gasteiger partial charge in [0, 0.05) is 11.7 Å². The fraction of sp³-hybridized carbons (Fsp3) is 0. The molecule has 0 aromatic heterocycles. The molecule has 1 nitrogen and oxygen atoms in total. The third kappa shape index (κ3) is 1.83. The van der Waals surface area contributed by atoms with Gasteiger partial charge in [0.25, 0.3) is 0 Å². The summed E-state index contributed by atoms with van der Waals surface area (Å²) in [5.41, 5.74) is 5.97. The van der Waals surface area contributed by atoms with Gasteiger partial charge in [-0.3, -0.25) is 0 Å². The number of halogens is 1. The maximum absolute atomic E-state index is 4.88. The zero-order valence-electron chi connectivity index (χ0n) is 2.11. The van der Waals surface area contributed by atoms with Crippen LogP contribution in [0.2, 0.25) is 0 Å². The summed E-state index contributed by atoms with van der Waals surface area (Å²) in [7, 11) is 0. The molecule has 0 aliphatic rings. The maximum atomic E-state index is 4.88. The van der Waals surface area contributed by atoms with Gasteiger partial charge in [-0.2, -0.15) is 0 Å². The van der Waals surface area contributed by atoms with Crippen molar-refractivity contribution in [3.8, 4) is 0 Å². The van der Waals surface area contributed by atoms with Gasteiger partial charge in [0.15, 0.2) is 0 Å². The Kier molecular flexibility index (Phi) is 2.71. The number of nitrogens with two attached hydrogens (primary N) is 1. The van der Waals surface area contributed by atoms with E-state index in [9.17, 15) is 0 Å². The third-order valence-electron chi connectivity index (χ3n) is 0.0727. The lowest BCUT2D eigenvalue weighted by Crippen LogP contribution is -1.69. The van der Waals surface area contributed by atoms with Gasteiger partial charge in [-0.25, -0.2) is 0 Å². The van der Waals surface area contributed by atoms with Crippen LogP contribution in [0, 0.1) is 0 Å². The zero-order chi connectivity index (χ0) is 3.41. The molecule has 0 aliphatic carbocycles. The minimum Gasteiger partial charge on any atom is -0.404 e. The summed E-state index contributed by atoms with van der Waals surface area (Å²) >= 11 is 4.88. The second-order valence-corrected chi connectivity index (χ2v) is 0.570. The molecular weight excluding hydrogens is 73.5 g/mol. The van der Waals surface area contributed by atoms with Crippen LogP contribution in [-0.2, 0) is 0 Å². The largest absolute Gasteiger partial charge is 0.404 e. The first-order valence-electron chi connectivity index (χ1n) is 0.885. The van der Waals surface area contributed by atoms with Crippen LogP contribution in [0.25, 0.3) is 0 Å². The van der Waals surface area contributed by atoms with Crippen LogP contribution >= 0.6 is 11.6 Å². The Hall–Kier alpha value is -0.170. The molecule has 0 saturated heterocycles. The van der Waals surface area contributed by atoms with E-state index in [1.54, 1.807) is 0 Å². The third-order valence-corrected chi connectivity index (χ3v) is 0.218. The smallest absolute Gasteiger partial charge is 0.0197 e. The zero-order valence-corrected chi connectivity index (χ0v) is 2.87. The van der Waals surface area contributed by atoms with E-state index in [1.807, 2.05) is 0 Å². The molecule has 0 unspecified atom stereocenters. The van der Waals surface area contributed by atoms with E-state index in [0.29, 0.717) is 0 Å². The summed E-state index contributed by atoms with van der Waals surface area (Å²) < 4.78 is 0. The highest BCUT2D eigenvalue weighted by Crippen LogP contribution is 1.65. The first-order valence-corrected chi connectivity index (χ1v) is 1.32. The molecule has 0 rings (SSSR count). The Balaban J connectivity index is 2.55. The van der Waals surface area contributed by atoms with E-state index < -0.39 is 0 Å². The van der Waals surface area contributed by atoms with Gasteiger partial charge in [0.2, 0.25) is 0 Å². The van der Waals surface area contributed by atoms with E-state index in [1.165, 1.54) is 11.7 Å². The lowest BCUT2D eigenvalue weighted by Gasteiger charge is -1.51. The highest BCUT2D eigenvalue weighted by atomic mass is 35.5. The van der Waals surface area contributed by atoms with Crippen molar-refractivity contribution in [3.63, 3.8) is 0 Å². The topological polar surface area (TPSA) is 26.0 Å². The van der Waals surface area contributed by atoms with Crippen molar-refractivity contribution in [3.05, 3.63) is 11.7 Å². The standard InChI is InChI=1S/C2H4ClN/c3-1-2-4/h1-2H,4H2/b2-1+. The summed E-state index contributed by atoms with van der Waals surface area (Å²) in [6.07, 6.45) is 1.27. The summed E-state index contributed by atoms with van der Waals surface area (Å²) in [5, 5.41) is 0. The van der Waals surface area contributed by atoms with Gasteiger partial charge in [-0.15, -0.1) is 0 Å². The van der Waals surface area contributed by atoms with Crippen molar-refractivity contribution < 1.29 is 0 Å². The van der Waals surface area contributed by atoms with E-state index in [4.69, 9.17) is 17.3 Å². The SMILES string of the molecule is N/C=C/Cl. The average Bonchev–Trinajstić information content (AvgIpc) is 1.37.